The van der Waals surface area contributed by atoms with Crippen LogP contribution in [0.4, 0.5) is 0 Å². The molecule has 0 amide bonds. The summed E-state index contributed by atoms with van der Waals surface area (Å²) in [5.74, 6) is 2.27. The van der Waals surface area contributed by atoms with E-state index in [0.29, 0.717) is 48.7 Å². The fraction of sp³-hybridized carbons (Fsp3) is 0.394. The molecule has 3 aromatic carbocycles. The van der Waals surface area contributed by atoms with E-state index in [9.17, 15) is 4.79 Å². The van der Waals surface area contributed by atoms with Crippen LogP contribution < -0.4 is 14.2 Å². The van der Waals surface area contributed by atoms with E-state index in [4.69, 9.17) is 35.9 Å². The molecule has 1 N–H and O–H groups in total. The van der Waals surface area contributed by atoms with Gasteiger partial charge in [0.2, 0.25) is 0 Å². The van der Waals surface area contributed by atoms with Crippen molar-refractivity contribution < 1.29 is 24.1 Å². The molecule has 1 aromatic heterocycles. The molecule has 1 aliphatic carbocycles. The molecule has 4 aromatic rings. The summed E-state index contributed by atoms with van der Waals surface area (Å²) in [6.07, 6.45) is 8.67. The summed E-state index contributed by atoms with van der Waals surface area (Å²) in [6, 6.07) is 19.2. The zero-order valence-corrected chi connectivity index (χ0v) is 25.5. The summed E-state index contributed by atoms with van der Waals surface area (Å²) < 4.78 is 20.6. The van der Waals surface area contributed by atoms with Gasteiger partial charge in [-0.15, -0.1) is 12.4 Å². The summed E-state index contributed by atoms with van der Waals surface area (Å²) in [5.41, 5.74) is 3.78. The Bertz CT molecular complexity index is 1460. The first-order valence-electron chi connectivity index (χ1n) is 14.4. The number of nitrogens with zero attached hydrogens (tertiary/aromatic N) is 2. The molecule has 5 rings (SSSR count). The zero-order valence-electron chi connectivity index (χ0n) is 23.9. The van der Waals surface area contributed by atoms with Crippen molar-refractivity contribution in [3.63, 3.8) is 0 Å². The first kappa shape index (κ1) is 31.5. The number of rotatable bonds is 12. The Morgan fingerprint density at radius 3 is 2.43 bits per heavy atom. The van der Waals surface area contributed by atoms with E-state index in [1.807, 2.05) is 61.6 Å². The molecule has 224 valence electrons. The lowest BCUT2D eigenvalue weighted by atomic mass is 10.1. The molecule has 0 bridgehead atoms. The minimum absolute atomic E-state index is 0. The number of carboxylic acid groups (broad SMARTS) is 1. The smallest absolute Gasteiger partial charge is 0.303 e. The largest absolute Gasteiger partial charge is 0.493 e. The topological polar surface area (TPSA) is 82.8 Å². The quantitative estimate of drug-likeness (QED) is 0.163. The van der Waals surface area contributed by atoms with Crippen molar-refractivity contribution in [2.75, 3.05) is 6.61 Å². The van der Waals surface area contributed by atoms with Gasteiger partial charge >= 0.3 is 5.97 Å². The second-order valence-electron chi connectivity index (χ2n) is 10.6. The van der Waals surface area contributed by atoms with Crippen LogP contribution in [-0.4, -0.2) is 33.3 Å². The van der Waals surface area contributed by atoms with E-state index in [-0.39, 0.29) is 18.8 Å². The van der Waals surface area contributed by atoms with Crippen molar-refractivity contribution in [3.8, 4) is 17.2 Å². The fourth-order valence-corrected chi connectivity index (χ4v) is 5.40. The fourth-order valence-electron chi connectivity index (χ4n) is 5.28. The monoisotopic (exact) mass is 612 g/mol. The number of ether oxygens (including phenoxy) is 3. The maximum absolute atomic E-state index is 11.2. The molecule has 1 saturated carbocycles. The van der Waals surface area contributed by atoms with Crippen molar-refractivity contribution in [1.29, 1.82) is 0 Å². The minimum atomic E-state index is -0.848. The third-order valence-electron chi connectivity index (χ3n) is 7.60. The van der Waals surface area contributed by atoms with Crippen molar-refractivity contribution in [1.82, 2.24) is 9.55 Å². The Morgan fingerprint density at radius 1 is 0.952 bits per heavy atom. The van der Waals surface area contributed by atoms with Crippen LogP contribution in [0.15, 0.2) is 60.7 Å². The van der Waals surface area contributed by atoms with Gasteiger partial charge in [-0.05, 0) is 73.6 Å². The van der Waals surface area contributed by atoms with Gasteiger partial charge in [-0.25, -0.2) is 4.98 Å². The molecule has 9 heteroatoms. The minimum Gasteiger partial charge on any atom is -0.493 e. The predicted molar refractivity (Wildman–Crippen MR) is 167 cm³/mol. The number of hydrogen-bond acceptors (Lipinski definition) is 5. The van der Waals surface area contributed by atoms with Gasteiger partial charge in [0.25, 0.3) is 0 Å². The summed E-state index contributed by atoms with van der Waals surface area (Å²) >= 11 is 5.99. The van der Waals surface area contributed by atoms with Crippen LogP contribution in [0.5, 0.6) is 17.2 Å². The average molecular weight is 614 g/mol. The Labute approximate surface area is 258 Å². The van der Waals surface area contributed by atoms with Gasteiger partial charge in [0.1, 0.15) is 29.7 Å². The molecule has 42 heavy (non-hydrogen) atoms. The maximum Gasteiger partial charge on any atom is 0.303 e. The van der Waals surface area contributed by atoms with Crippen LogP contribution in [0.1, 0.15) is 61.9 Å². The molecule has 0 unspecified atom stereocenters. The highest BCUT2D eigenvalue weighted by atomic mass is 35.5. The standard InChI is InChI=1S/C33H37ClN2O5.ClH/c1-36-30-20-28(41-26-6-4-2-3-5-7-26)15-16-29(30)35-32(36)18-19-39-27-14-10-24(11-17-33(37)38)31(21-27)40-22-23-8-12-25(34)13-9-23;/h8-10,12-16,20-21,26H,2-7,11,17-19,22H2,1H3,(H,37,38);1H. The lowest BCUT2D eigenvalue weighted by Gasteiger charge is -2.17. The van der Waals surface area contributed by atoms with E-state index < -0.39 is 5.97 Å². The normalized spacial score (nSPS) is 13.8. The summed E-state index contributed by atoms with van der Waals surface area (Å²) in [6.45, 7) is 0.778. The van der Waals surface area contributed by atoms with Crippen LogP contribution in [0.3, 0.4) is 0 Å². The van der Waals surface area contributed by atoms with Gasteiger partial charge in [-0.2, -0.15) is 0 Å². The van der Waals surface area contributed by atoms with Crippen LogP contribution in [-0.2, 0) is 31.3 Å². The highest BCUT2D eigenvalue weighted by Crippen LogP contribution is 2.29. The molecule has 0 saturated heterocycles. The van der Waals surface area contributed by atoms with Crippen molar-refractivity contribution in [2.45, 2.75) is 70.5 Å². The second-order valence-corrected chi connectivity index (χ2v) is 11.1. The summed E-state index contributed by atoms with van der Waals surface area (Å²) in [7, 11) is 2.03. The molecule has 1 heterocycles. The number of aromatic nitrogens is 2. The first-order chi connectivity index (χ1) is 19.9. The number of benzene rings is 3. The van der Waals surface area contributed by atoms with Crippen molar-refractivity contribution >= 4 is 41.0 Å². The molecule has 1 fully saturated rings. The molecule has 0 spiro atoms. The third-order valence-corrected chi connectivity index (χ3v) is 7.85. The lowest BCUT2D eigenvalue weighted by molar-refractivity contribution is -0.136. The second kappa shape index (κ2) is 15.2. The Morgan fingerprint density at radius 2 is 1.69 bits per heavy atom. The number of aryl methyl sites for hydroxylation is 2. The zero-order chi connectivity index (χ0) is 28.6. The van der Waals surface area contributed by atoms with E-state index in [0.717, 1.165) is 46.6 Å². The highest BCUT2D eigenvalue weighted by Gasteiger charge is 2.16. The molecular weight excluding hydrogens is 575 g/mol. The molecular formula is C33H38Cl2N2O5. The van der Waals surface area contributed by atoms with Crippen LogP contribution in [0.2, 0.25) is 5.02 Å². The van der Waals surface area contributed by atoms with Gasteiger partial charge in [-0.1, -0.05) is 42.6 Å². The number of hydrogen-bond donors (Lipinski definition) is 1. The molecule has 0 atom stereocenters. The van der Waals surface area contributed by atoms with Gasteiger partial charge in [-0.3, -0.25) is 4.79 Å². The van der Waals surface area contributed by atoms with Crippen LogP contribution >= 0.6 is 24.0 Å². The Balaban J connectivity index is 0.00000405. The number of carboxylic acids is 1. The molecule has 1 aliphatic rings. The van der Waals surface area contributed by atoms with E-state index >= 15 is 0 Å². The van der Waals surface area contributed by atoms with E-state index in [2.05, 4.69) is 10.6 Å². The maximum atomic E-state index is 11.2. The van der Waals surface area contributed by atoms with Crippen molar-refractivity contribution in [2.24, 2.45) is 7.05 Å². The Kier molecular flexibility index (Phi) is 11.4. The average Bonchev–Trinajstić information content (AvgIpc) is 3.11. The van der Waals surface area contributed by atoms with Crippen molar-refractivity contribution in [3.05, 3.63) is 82.6 Å². The number of aliphatic carboxylic acids is 1. The number of imidazole rings is 1. The number of carbonyl (C=O) groups is 1. The van der Waals surface area contributed by atoms with Gasteiger partial charge in [0.05, 0.1) is 23.7 Å². The summed E-state index contributed by atoms with van der Waals surface area (Å²) in [4.78, 5) is 16.0. The van der Waals surface area contributed by atoms with Crippen LogP contribution in [0.25, 0.3) is 11.0 Å². The third kappa shape index (κ3) is 8.55. The number of halogens is 2. The Hall–Kier alpha value is -3.42. The highest BCUT2D eigenvalue weighted by molar-refractivity contribution is 6.30. The lowest BCUT2D eigenvalue weighted by Crippen LogP contribution is -2.15. The van der Waals surface area contributed by atoms with Gasteiger partial charge < -0.3 is 23.9 Å². The number of fused-ring (bicyclic) bond motifs is 1. The summed E-state index contributed by atoms with van der Waals surface area (Å²) in [5, 5.41) is 9.82. The van der Waals surface area contributed by atoms with Crippen LogP contribution in [0, 0.1) is 0 Å². The molecule has 7 nitrogen and oxygen atoms in total. The SMILES string of the molecule is Cl.Cn1c(CCOc2ccc(CCC(=O)O)c(OCc3ccc(Cl)cc3)c2)nc2ccc(OC3CCCCCC3)cc21. The first-order valence-corrected chi connectivity index (χ1v) is 14.8. The molecule has 0 aliphatic heterocycles. The van der Waals surface area contributed by atoms with E-state index in [1.54, 1.807) is 0 Å². The molecule has 0 radical (unpaired) electrons. The van der Waals surface area contributed by atoms with Gasteiger partial charge in [0.15, 0.2) is 0 Å². The van der Waals surface area contributed by atoms with Gasteiger partial charge in [0, 0.05) is 37.0 Å². The van der Waals surface area contributed by atoms with E-state index in [1.165, 1.54) is 25.7 Å². The predicted octanol–water partition coefficient (Wildman–Crippen LogP) is 7.97.